The number of nitrogens with zero attached hydrogens (tertiary/aromatic N) is 2. The van der Waals surface area contributed by atoms with Crippen LogP contribution in [0.2, 0.25) is 0 Å². The lowest BCUT2D eigenvalue weighted by Gasteiger charge is -2.30. The van der Waals surface area contributed by atoms with Gasteiger partial charge in [-0.3, -0.25) is 4.57 Å². The van der Waals surface area contributed by atoms with Crippen LogP contribution in [0.5, 0.6) is 0 Å². The van der Waals surface area contributed by atoms with Crippen LogP contribution in [0.25, 0.3) is 0 Å². The van der Waals surface area contributed by atoms with Crippen LogP contribution in [0.4, 0.5) is 0 Å². The van der Waals surface area contributed by atoms with E-state index < -0.39 is 7.44 Å². The summed E-state index contributed by atoms with van der Waals surface area (Å²) in [6.07, 6.45) is 1.74. The highest BCUT2D eigenvalue weighted by Crippen LogP contribution is 2.49. The minimum absolute atomic E-state index is 0.771. The van der Waals surface area contributed by atoms with Crippen molar-refractivity contribution in [1.29, 1.82) is 0 Å². The van der Waals surface area contributed by atoms with Crippen molar-refractivity contribution in [3.05, 3.63) is 0 Å². The quantitative estimate of drug-likeness (QED) is 0.612. The van der Waals surface area contributed by atoms with Gasteiger partial charge in [-0.05, 0) is 34.6 Å². The maximum atomic E-state index is 12.1. The summed E-state index contributed by atoms with van der Waals surface area (Å²) in [5.74, 6) is 0. The highest BCUT2D eigenvalue weighted by Gasteiger charge is 2.25. The Morgan fingerprint density at radius 3 is 1.55 bits per heavy atom. The van der Waals surface area contributed by atoms with Gasteiger partial charge in [0.25, 0.3) is 0 Å². The Morgan fingerprint density at radius 2 is 1.45 bits per heavy atom. The molecule has 11 heavy (non-hydrogen) atoms. The van der Waals surface area contributed by atoms with Crippen molar-refractivity contribution in [1.82, 2.24) is 9.34 Å². The molecule has 3 nitrogen and oxygen atoms in total. The van der Waals surface area contributed by atoms with E-state index in [0.29, 0.717) is 0 Å². The standard InChI is InChI=1S/C7H19N2OP/c1-6-7-11(10,8(2)3)9(4)5/h6-7H2,1-5H3. The summed E-state index contributed by atoms with van der Waals surface area (Å²) in [6.45, 7) is 2.06. The van der Waals surface area contributed by atoms with Crippen LogP contribution < -0.4 is 0 Å². The molecule has 4 heteroatoms. The van der Waals surface area contributed by atoms with Gasteiger partial charge in [0.05, 0.1) is 0 Å². The first-order valence-electron chi connectivity index (χ1n) is 3.89. The Kier molecular flexibility index (Phi) is 4.30. The van der Waals surface area contributed by atoms with Crippen molar-refractivity contribution in [2.45, 2.75) is 13.3 Å². The first-order valence-corrected chi connectivity index (χ1v) is 5.69. The van der Waals surface area contributed by atoms with Crippen LogP contribution in [0.15, 0.2) is 0 Å². The Labute approximate surface area is 69.9 Å². The molecule has 0 bridgehead atoms. The zero-order valence-electron chi connectivity index (χ0n) is 8.16. The summed E-state index contributed by atoms with van der Waals surface area (Å²) in [5.41, 5.74) is 0. The van der Waals surface area contributed by atoms with Crippen LogP contribution in [0.3, 0.4) is 0 Å². The predicted molar refractivity (Wildman–Crippen MR) is 50.1 cm³/mol. The van der Waals surface area contributed by atoms with E-state index in [1.165, 1.54) is 0 Å². The normalized spacial score (nSPS) is 13.0. The molecule has 0 rings (SSSR count). The lowest BCUT2D eigenvalue weighted by molar-refractivity contribution is 0.447. The minimum Gasteiger partial charge on any atom is -0.289 e. The van der Waals surface area contributed by atoms with E-state index in [1.54, 1.807) is 0 Å². The molecule has 0 fully saturated rings. The molecule has 0 spiro atoms. The predicted octanol–water partition coefficient (Wildman–Crippen LogP) is 1.71. The minimum atomic E-state index is -2.20. The fourth-order valence-corrected chi connectivity index (χ4v) is 3.15. The summed E-state index contributed by atoms with van der Waals surface area (Å²) < 4.78 is 15.7. The third-order valence-electron chi connectivity index (χ3n) is 1.76. The molecule has 0 aliphatic carbocycles. The van der Waals surface area contributed by atoms with Gasteiger partial charge in [0, 0.05) is 6.16 Å². The molecule has 68 valence electrons. The number of hydrogen-bond acceptors (Lipinski definition) is 1. The molecule has 0 unspecified atom stereocenters. The van der Waals surface area contributed by atoms with Crippen LogP contribution >= 0.6 is 7.44 Å². The van der Waals surface area contributed by atoms with Crippen molar-refractivity contribution in [3.8, 4) is 0 Å². The second-order valence-corrected chi connectivity index (χ2v) is 6.46. The average Bonchev–Trinajstić information content (AvgIpc) is 1.87. The summed E-state index contributed by atoms with van der Waals surface area (Å²) in [5, 5.41) is 0. The zero-order chi connectivity index (χ0) is 9.07. The van der Waals surface area contributed by atoms with Crippen LogP contribution in [0.1, 0.15) is 13.3 Å². The van der Waals surface area contributed by atoms with E-state index in [4.69, 9.17) is 0 Å². The average molecular weight is 178 g/mol. The molecular weight excluding hydrogens is 159 g/mol. The maximum absolute atomic E-state index is 12.1. The Bertz CT molecular complexity index is 145. The highest BCUT2D eigenvalue weighted by atomic mass is 31.2. The Hall–Kier alpha value is 0.150. The van der Waals surface area contributed by atoms with Gasteiger partial charge in [0.15, 0.2) is 0 Å². The Balaban J connectivity index is 4.40. The molecule has 0 heterocycles. The molecule has 0 radical (unpaired) electrons. The second kappa shape index (κ2) is 4.24. The van der Waals surface area contributed by atoms with Gasteiger partial charge in [-0.25, -0.2) is 9.34 Å². The largest absolute Gasteiger partial charge is 0.289 e. The van der Waals surface area contributed by atoms with Crippen LogP contribution in [-0.4, -0.2) is 43.7 Å². The highest BCUT2D eigenvalue weighted by molar-refractivity contribution is 7.58. The van der Waals surface area contributed by atoms with Gasteiger partial charge in [-0.2, -0.15) is 0 Å². The molecule has 0 aliphatic rings. The number of rotatable bonds is 4. The topological polar surface area (TPSA) is 23.6 Å². The van der Waals surface area contributed by atoms with E-state index in [0.717, 1.165) is 12.6 Å². The third kappa shape index (κ3) is 2.58. The van der Waals surface area contributed by atoms with Crippen molar-refractivity contribution in [2.24, 2.45) is 0 Å². The summed E-state index contributed by atoms with van der Waals surface area (Å²) in [6, 6.07) is 0. The van der Waals surface area contributed by atoms with Crippen molar-refractivity contribution >= 4 is 7.44 Å². The fourth-order valence-electron chi connectivity index (χ4n) is 1.05. The molecule has 0 aliphatic heterocycles. The van der Waals surface area contributed by atoms with E-state index in [9.17, 15) is 4.57 Å². The van der Waals surface area contributed by atoms with Gasteiger partial charge in [0.1, 0.15) is 0 Å². The summed E-state index contributed by atoms with van der Waals surface area (Å²) in [4.78, 5) is 0. The second-order valence-electron chi connectivity index (χ2n) is 3.08. The van der Waals surface area contributed by atoms with E-state index in [1.807, 2.05) is 37.5 Å². The van der Waals surface area contributed by atoms with Crippen molar-refractivity contribution in [2.75, 3.05) is 34.4 Å². The van der Waals surface area contributed by atoms with Gasteiger partial charge < -0.3 is 0 Å². The fraction of sp³-hybridized carbons (Fsp3) is 1.00. The molecule has 0 aromatic rings. The van der Waals surface area contributed by atoms with Gasteiger partial charge in [-0.15, -0.1) is 0 Å². The number of hydrogen-bond donors (Lipinski definition) is 0. The molecule has 0 atom stereocenters. The van der Waals surface area contributed by atoms with Gasteiger partial charge >= 0.3 is 0 Å². The van der Waals surface area contributed by atoms with Gasteiger partial charge in [0.2, 0.25) is 7.44 Å². The molecule has 0 aromatic carbocycles. The monoisotopic (exact) mass is 178 g/mol. The third-order valence-corrected chi connectivity index (χ3v) is 5.29. The summed E-state index contributed by atoms with van der Waals surface area (Å²) in [7, 11) is 5.29. The lowest BCUT2D eigenvalue weighted by atomic mass is 10.6. The van der Waals surface area contributed by atoms with E-state index in [-0.39, 0.29) is 0 Å². The Morgan fingerprint density at radius 1 is 1.09 bits per heavy atom. The van der Waals surface area contributed by atoms with Crippen LogP contribution in [0, 0.1) is 0 Å². The molecule has 0 saturated carbocycles. The molecular formula is C7H19N2OP. The van der Waals surface area contributed by atoms with E-state index in [2.05, 4.69) is 6.92 Å². The molecule has 0 saturated heterocycles. The zero-order valence-corrected chi connectivity index (χ0v) is 9.06. The SMILES string of the molecule is CCCP(=O)(N(C)C)N(C)C. The van der Waals surface area contributed by atoms with Gasteiger partial charge in [-0.1, -0.05) is 6.92 Å². The molecule has 0 amide bonds. The molecule has 0 N–H and O–H groups in total. The lowest BCUT2D eigenvalue weighted by Crippen LogP contribution is -2.22. The maximum Gasteiger partial charge on any atom is 0.215 e. The first kappa shape index (κ1) is 11.2. The van der Waals surface area contributed by atoms with Crippen molar-refractivity contribution in [3.63, 3.8) is 0 Å². The first-order chi connectivity index (χ1) is 4.95. The van der Waals surface area contributed by atoms with E-state index >= 15 is 0 Å². The van der Waals surface area contributed by atoms with Crippen LogP contribution in [-0.2, 0) is 4.57 Å². The van der Waals surface area contributed by atoms with Crippen molar-refractivity contribution < 1.29 is 4.57 Å². The smallest absolute Gasteiger partial charge is 0.215 e. The summed E-state index contributed by atoms with van der Waals surface area (Å²) >= 11 is 0. The molecule has 0 aromatic heterocycles.